The molecule has 0 unspecified atom stereocenters. The SMILES string of the molecule is CCN(/N=C(\C)c1cc(C)ccc1N(N)S(=O)(=O)C(F)(F)F)c1ccccc1. The minimum absolute atomic E-state index is 0.185. The second-order valence-electron chi connectivity index (χ2n) is 6.00. The largest absolute Gasteiger partial charge is 0.518 e. The van der Waals surface area contributed by atoms with Gasteiger partial charge < -0.3 is 0 Å². The predicted molar refractivity (Wildman–Crippen MR) is 104 cm³/mol. The number of nitrogens with two attached hydrogens (primary N) is 1. The van der Waals surface area contributed by atoms with Crippen LogP contribution in [0.4, 0.5) is 24.5 Å². The van der Waals surface area contributed by atoms with Gasteiger partial charge in [0.15, 0.2) is 0 Å². The lowest BCUT2D eigenvalue weighted by molar-refractivity contribution is -0.0438. The number of rotatable bonds is 6. The molecule has 152 valence electrons. The van der Waals surface area contributed by atoms with E-state index >= 15 is 0 Å². The van der Waals surface area contributed by atoms with Gasteiger partial charge in [0.05, 0.1) is 17.1 Å². The normalized spacial score (nSPS) is 12.8. The summed E-state index contributed by atoms with van der Waals surface area (Å²) in [6.07, 6.45) is 0. The average Bonchev–Trinajstić information content (AvgIpc) is 2.65. The number of hydrogen-bond acceptors (Lipinski definition) is 5. The molecular formula is C18H21F3N4O2S. The van der Waals surface area contributed by atoms with E-state index in [0.29, 0.717) is 17.8 Å². The lowest BCUT2D eigenvalue weighted by Crippen LogP contribution is -2.46. The molecule has 0 heterocycles. The second-order valence-corrected chi connectivity index (χ2v) is 7.81. The van der Waals surface area contributed by atoms with Crippen LogP contribution in [0.1, 0.15) is 25.0 Å². The maximum Gasteiger partial charge on any atom is 0.518 e. The Morgan fingerprint density at radius 3 is 2.29 bits per heavy atom. The molecule has 0 amide bonds. The first-order valence-electron chi connectivity index (χ1n) is 8.34. The summed E-state index contributed by atoms with van der Waals surface area (Å²) in [5.74, 6) is 5.38. The summed E-state index contributed by atoms with van der Waals surface area (Å²) >= 11 is 0. The number of aryl methyl sites for hydroxylation is 1. The minimum atomic E-state index is -5.74. The monoisotopic (exact) mass is 414 g/mol. The first-order valence-corrected chi connectivity index (χ1v) is 9.78. The van der Waals surface area contributed by atoms with Crippen LogP contribution in [-0.2, 0) is 10.0 Å². The molecule has 2 N–H and O–H groups in total. The number of halogens is 3. The van der Waals surface area contributed by atoms with E-state index in [-0.39, 0.29) is 15.7 Å². The number of sulfonamides is 1. The second kappa shape index (κ2) is 8.19. The van der Waals surface area contributed by atoms with Crippen LogP contribution in [0.3, 0.4) is 0 Å². The smallest absolute Gasteiger partial charge is 0.266 e. The van der Waals surface area contributed by atoms with E-state index in [4.69, 9.17) is 5.84 Å². The Labute approximate surface area is 162 Å². The van der Waals surface area contributed by atoms with Crippen LogP contribution in [-0.4, -0.2) is 26.2 Å². The molecule has 0 saturated carbocycles. The molecule has 0 radical (unpaired) electrons. The zero-order valence-corrected chi connectivity index (χ0v) is 16.4. The highest BCUT2D eigenvalue weighted by Crippen LogP contribution is 2.31. The van der Waals surface area contributed by atoms with Crippen LogP contribution in [0.5, 0.6) is 0 Å². The molecule has 0 aliphatic rings. The Balaban J connectivity index is 2.55. The fraction of sp³-hybridized carbons (Fsp3) is 0.278. The van der Waals surface area contributed by atoms with Crippen molar-refractivity contribution in [2.75, 3.05) is 16.0 Å². The van der Waals surface area contributed by atoms with Gasteiger partial charge in [0.2, 0.25) is 0 Å². The highest BCUT2D eigenvalue weighted by Gasteiger charge is 2.50. The lowest BCUT2D eigenvalue weighted by Gasteiger charge is -2.24. The molecule has 0 saturated heterocycles. The third-order valence-corrected chi connectivity index (χ3v) is 5.25. The molecule has 6 nitrogen and oxygen atoms in total. The number of alkyl halides is 3. The molecule has 0 aliphatic heterocycles. The van der Waals surface area contributed by atoms with Gasteiger partial charge in [-0.25, -0.2) is 5.84 Å². The third-order valence-electron chi connectivity index (χ3n) is 3.96. The summed E-state index contributed by atoms with van der Waals surface area (Å²) < 4.78 is 62.0. The van der Waals surface area contributed by atoms with Crippen LogP contribution in [0.2, 0.25) is 0 Å². The number of hydrazine groups is 1. The average molecular weight is 414 g/mol. The molecule has 0 aliphatic carbocycles. The number of hydrazone groups is 1. The van der Waals surface area contributed by atoms with Crippen LogP contribution >= 0.6 is 0 Å². The van der Waals surface area contributed by atoms with Gasteiger partial charge in [0.1, 0.15) is 0 Å². The molecule has 10 heteroatoms. The van der Waals surface area contributed by atoms with Crippen molar-refractivity contribution in [2.24, 2.45) is 10.9 Å². The van der Waals surface area contributed by atoms with Crippen LogP contribution in [0, 0.1) is 6.92 Å². The van der Waals surface area contributed by atoms with Gasteiger partial charge in [-0.1, -0.05) is 29.8 Å². The third kappa shape index (κ3) is 4.45. The van der Waals surface area contributed by atoms with Crippen molar-refractivity contribution in [3.8, 4) is 0 Å². The van der Waals surface area contributed by atoms with Crippen molar-refractivity contribution in [3.63, 3.8) is 0 Å². The number of anilines is 2. The van der Waals surface area contributed by atoms with Gasteiger partial charge in [-0.05, 0) is 45.0 Å². The van der Waals surface area contributed by atoms with Crippen LogP contribution in [0.25, 0.3) is 0 Å². The fourth-order valence-corrected chi connectivity index (χ4v) is 3.16. The maximum atomic E-state index is 12.9. The summed E-state index contributed by atoms with van der Waals surface area (Å²) in [7, 11) is -5.74. The predicted octanol–water partition coefficient (Wildman–Crippen LogP) is 3.78. The number of benzene rings is 2. The zero-order valence-electron chi connectivity index (χ0n) is 15.6. The number of para-hydroxylation sites is 1. The molecule has 0 bridgehead atoms. The lowest BCUT2D eigenvalue weighted by atomic mass is 10.1. The van der Waals surface area contributed by atoms with Crippen molar-refractivity contribution in [3.05, 3.63) is 59.7 Å². The zero-order chi connectivity index (χ0) is 21.1. The molecule has 0 aromatic heterocycles. The van der Waals surface area contributed by atoms with Gasteiger partial charge in [-0.2, -0.15) is 31.1 Å². The Bertz CT molecular complexity index is 961. The molecule has 2 aromatic carbocycles. The van der Waals surface area contributed by atoms with Gasteiger partial charge in [-0.3, -0.25) is 5.01 Å². The Hall–Kier alpha value is -2.59. The summed E-state index contributed by atoms with van der Waals surface area (Å²) in [4.78, 5) is 0. The van der Waals surface area contributed by atoms with E-state index in [0.717, 1.165) is 5.69 Å². The molecule has 2 rings (SSSR count). The van der Waals surface area contributed by atoms with Crippen molar-refractivity contribution < 1.29 is 21.6 Å². The molecule has 0 atom stereocenters. The van der Waals surface area contributed by atoms with Crippen LogP contribution < -0.4 is 15.3 Å². The Kier molecular flexibility index (Phi) is 6.35. The highest BCUT2D eigenvalue weighted by molar-refractivity contribution is 7.93. The summed E-state index contributed by atoms with van der Waals surface area (Å²) in [5, 5.41) is 6.11. The molecule has 2 aromatic rings. The first kappa shape index (κ1) is 21.7. The molecular weight excluding hydrogens is 393 g/mol. The standard InChI is InChI=1S/C18H21F3N4O2S/c1-4-24(15-8-6-5-7-9-15)23-14(3)16-12-13(2)10-11-17(16)25(22)28(26,27)18(19,20)21/h5-12H,4,22H2,1-3H3/b23-14+. The van der Waals surface area contributed by atoms with Crippen molar-refractivity contribution in [1.82, 2.24) is 0 Å². The summed E-state index contributed by atoms with van der Waals surface area (Å²) in [5.41, 5.74) is -3.83. The highest BCUT2D eigenvalue weighted by atomic mass is 32.2. The van der Waals surface area contributed by atoms with Crippen molar-refractivity contribution in [2.45, 2.75) is 26.3 Å². The van der Waals surface area contributed by atoms with E-state index in [1.54, 1.807) is 24.9 Å². The summed E-state index contributed by atoms with van der Waals surface area (Å²) in [6, 6.07) is 13.4. The van der Waals surface area contributed by atoms with Crippen LogP contribution in [0.15, 0.2) is 53.6 Å². The summed E-state index contributed by atoms with van der Waals surface area (Å²) in [6.45, 7) is 5.67. The maximum absolute atomic E-state index is 12.9. The van der Waals surface area contributed by atoms with E-state index in [1.165, 1.54) is 12.1 Å². The number of nitrogens with zero attached hydrogens (tertiary/aromatic N) is 3. The van der Waals surface area contributed by atoms with Crippen molar-refractivity contribution >= 4 is 27.1 Å². The van der Waals surface area contributed by atoms with Gasteiger partial charge >= 0.3 is 15.5 Å². The Morgan fingerprint density at radius 1 is 1.14 bits per heavy atom. The Morgan fingerprint density at radius 2 is 1.75 bits per heavy atom. The minimum Gasteiger partial charge on any atom is -0.266 e. The van der Waals surface area contributed by atoms with E-state index in [1.807, 2.05) is 37.3 Å². The molecule has 0 spiro atoms. The topological polar surface area (TPSA) is 79.0 Å². The first-order chi connectivity index (χ1) is 13.0. The molecule has 0 fully saturated rings. The quantitative estimate of drug-likeness (QED) is 0.443. The molecule has 28 heavy (non-hydrogen) atoms. The fourth-order valence-electron chi connectivity index (χ4n) is 2.52. The van der Waals surface area contributed by atoms with Crippen molar-refractivity contribution in [1.29, 1.82) is 0 Å². The van der Waals surface area contributed by atoms with Gasteiger partial charge in [0.25, 0.3) is 0 Å². The van der Waals surface area contributed by atoms with E-state index < -0.39 is 15.5 Å². The van der Waals surface area contributed by atoms with Gasteiger partial charge in [0, 0.05) is 12.1 Å². The number of hydrogen-bond donors (Lipinski definition) is 1. The van der Waals surface area contributed by atoms with E-state index in [2.05, 4.69) is 5.10 Å². The van der Waals surface area contributed by atoms with E-state index in [9.17, 15) is 21.6 Å². The van der Waals surface area contributed by atoms with Gasteiger partial charge in [-0.15, -0.1) is 0 Å².